The molecule has 0 heterocycles. The summed E-state index contributed by atoms with van der Waals surface area (Å²) in [5.74, 6) is -1.02. The van der Waals surface area contributed by atoms with E-state index in [9.17, 15) is 9.59 Å². The summed E-state index contributed by atoms with van der Waals surface area (Å²) in [6, 6.07) is 6.36. The number of urea groups is 1. The van der Waals surface area contributed by atoms with Crippen LogP contribution in [0.5, 0.6) is 0 Å². The number of nitrogens with zero attached hydrogens (tertiary/aromatic N) is 1. The van der Waals surface area contributed by atoms with E-state index in [2.05, 4.69) is 21.2 Å². The van der Waals surface area contributed by atoms with Crippen LogP contribution in [0.3, 0.4) is 0 Å². The molecule has 1 unspecified atom stereocenters. The summed E-state index contributed by atoms with van der Waals surface area (Å²) in [7, 11) is 1.63. The summed E-state index contributed by atoms with van der Waals surface area (Å²) in [6.07, 6.45) is 0.354. The molecule has 0 bridgehead atoms. The number of carbonyl (C=O) groups is 2. The second kappa shape index (κ2) is 7.13. The van der Waals surface area contributed by atoms with Crippen LogP contribution in [0.15, 0.2) is 28.7 Å². The topological polar surface area (TPSA) is 69.6 Å². The molecule has 2 amide bonds. The highest BCUT2D eigenvalue weighted by atomic mass is 79.9. The van der Waals surface area contributed by atoms with Crippen molar-refractivity contribution in [1.82, 2.24) is 10.2 Å². The Hall–Kier alpha value is -1.56. The SMILES string of the molecule is CCC(NC(=O)N(C)Cc1ccc(Br)cc1)C(=O)O. The first-order chi connectivity index (χ1) is 8.93. The maximum atomic E-state index is 11.8. The number of aliphatic carboxylic acids is 1. The van der Waals surface area contributed by atoms with Crippen LogP contribution in [-0.4, -0.2) is 35.1 Å². The smallest absolute Gasteiger partial charge is 0.326 e. The molecule has 1 atom stereocenters. The minimum atomic E-state index is -1.02. The first kappa shape index (κ1) is 15.5. The average molecular weight is 329 g/mol. The Morgan fingerprint density at radius 3 is 2.42 bits per heavy atom. The van der Waals surface area contributed by atoms with E-state index in [0.29, 0.717) is 13.0 Å². The Labute approximate surface area is 120 Å². The number of amides is 2. The molecule has 0 aromatic heterocycles. The number of benzene rings is 1. The van der Waals surface area contributed by atoms with E-state index >= 15 is 0 Å². The van der Waals surface area contributed by atoms with Gasteiger partial charge >= 0.3 is 12.0 Å². The Balaban J connectivity index is 2.57. The van der Waals surface area contributed by atoms with Crippen LogP contribution in [0.4, 0.5) is 4.79 Å². The second-order valence-corrected chi connectivity index (χ2v) is 5.15. The highest BCUT2D eigenvalue weighted by Crippen LogP contribution is 2.11. The van der Waals surface area contributed by atoms with Gasteiger partial charge in [0.2, 0.25) is 0 Å². The quantitative estimate of drug-likeness (QED) is 0.872. The molecule has 1 rings (SSSR count). The predicted molar refractivity (Wildman–Crippen MR) is 75.9 cm³/mol. The van der Waals surface area contributed by atoms with E-state index in [1.165, 1.54) is 4.90 Å². The highest BCUT2D eigenvalue weighted by Gasteiger charge is 2.19. The highest BCUT2D eigenvalue weighted by molar-refractivity contribution is 9.10. The molecule has 0 spiro atoms. The van der Waals surface area contributed by atoms with Crippen molar-refractivity contribution in [2.24, 2.45) is 0 Å². The lowest BCUT2D eigenvalue weighted by atomic mass is 10.2. The Bertz CT molecular complexity index is 448. The molecule has 0 fully saturated rings. The molecule has 0 aliphatic rings. The number of hydrogen-bond acceptors (Lipinski definition) is 2. The largest absolute Gasteiger partial charge is 0.480 e. The average Bonchev–Trinajstić information content (AvgIpc) is 2.37. The molecule has 0 aliphatic carbocycles. The van der Waals surface area contributed by atoms with Crippen molar-refractivity contribution in [2.75, 3.05) is 7.05 Å². The molecule has 2 N–H and O–H groups in total. The summed E-state index contributed by atoms with van der Waals surface area (Å²) in [6.45, 7) is 2.14. The fourth-order valence-corrected chi connectivity index (χ4v) is 1.80. The van der Waals surface area contributed by atoms with Crippen molar-refractivity contribution in [2.45, 2.75) is 25.9 Å². The molecule has 6 heteroatoms. The fourth-order valence-electron chi connectivity index (χ4n) is 1.53. The molecule has 1 aromatic carbocycles. The summed E-state index contributed by atoms with van der Waals surface area (Å²) < 4.78 is 0.972. The van der Waals surface area contributed by atoms with Crippen LogP contribution >= 0.6 is 15.9 Å². The third-order valence-corrected chi connectivity index (χ3v) is 3.21. The third-order valence-electron chi connectivity index (χ3n) is 2.68. The normalized spacial score (nSPS) is 11.7. The first-order valence-corrected chi connectivity index (χ1v) is 6.72. The molecule has 5 nitrogen and oxygen atoms in total. The van der Waals surface area contributed by atoms with Crippen molar-refractivity contribution in [3.8, 4) is 0 Å². The van der Waals surface area contributed by atoms with Gasteiger partial charge in [-0.3, -0.25) is 0 Å². The minimum absolute atomic E-state index is 0.354. The predicted octanol–water partition coefficient (Wildman–Crippen LogP) is 2.45. The lowest BCUT2D eigenvalue weighted by Crippen LogP contribution is -2.46. The number of carboxylic acid groups (broad SMARTS) is 1. The van der Waals surface area contributed by atoms with E-state index in [1.807, 2.05) is 24.3 Å². The van der Waals surface area contributed by atoms with Crippen LogP contribution in [-0.2, 0) is 11.3 Å². The van der Waals surface area contributed by atoms with Crippen LogP contribution in [0.25, 0.3) is 0 Å². The molecule has 1 aromatic rings. The summed E-state index contributed by atoms with van der Waals surface area (Å²) in [5, 5.41) is 11.4. The number of carbonyl (C=O) groups excluding carboxylic acids is 1. The first-order valence-electron chi connectivity index (χ1n) is 5.93. The lowest BCUT2D eigenvalue weighted by molar-refractivity contribution is -0.139. The lowest BCUT2D eigenvalue weighted by Gasteiger charge is -2.20. The third kappa shape index (κ3) is 4.90. The van der Waals surface area contributed by atoms with Gasteiger partial charge in [-0.2, -0.15) is 0 Å². The Morgan fingerprint density at radius 2 is 1.95 bits per heavy atom. The van der Waals surface area contributed by atoms with Gasteiger partial charge in [-0.05, 0) is 24.1 Å². The zero-order valence-electron chi connectivity index (χ0n) is 10.9. The van der Waals surface area contributed by atoms with E-state index in [-0.39, 0.29) is 0 Å². The van der Waals surface area contributed by atoms with Gasteiger partial charge in [0, 0.05) is 18.1 Å². The Morgan fingerprint density at radius 1 is 1.37 bits per heavy atom. The number of rotatable bonds is 5. The summed E-state index contributed by atoms with van der Waals surface area (Å²) in [4.78, 5) is 24.1. The molecule has 0 saturated heterocycles. The van der Waals surface area contributed by atoms with Crippen molar-refractivity contribution in [3.05, 3.63) is 34.3 Å². The monoisotopic (exact) mass is 328 g/mol. The number of nitrogens with one attached hydrogen (secondary N) is 1. The maximum Gasteiger partial charge on any atom is 0.326 e. The van der Waals surface area contributed by atoms with E-state index < -0.39 is 18.0 Å². The zero-order valence-corrected chi connectivity index (χ0v) is 12.5. The van der Waals surface area contributed by atoms with Gasteiger partial charge in [0.05, 0.1) is 0 Å². The van der Waals surface area contributed by atoms with Crippen molar-refractivity contribution >= 4 is 27.9 Å². The standard InChI is InChI=1S/C13H17BrN2O3/c1-3-11(12(17)18)15-13(19)16(2)8-9-4-6-10(14)7-5-9/h4-7,11H,3,8H2,1-2H3,(H,15,19)(H,17,18). The Kier molecular flexibility index (Phi) is 5.82. The zero-order chi connectivity index (χ0) is 14.4. The summed E-state index contributed by atoms with van der Waals surface area (Å²) >= 11 is 3.34. The van der Waals surface area contributed by atoms with Gasteiger partial charge in [0.1, 0.15) is 6.04 Å². The van der Waals surface area contributed by atoms with E-state index in [0.717, 1.165) is 10.0 Å². The maximum absolute atomic E-state index is 11.8. The van der Waals surface area contributed by atoms with Crippen molar-refractivity contribution in [1.29, 1.82) is 0 Å². The second-order valence-electron chi connectivity index (χ2n) is 4.23. The van der Waals surface area contributed by atoms with Gasteiger partial charge in [0.15, 0.2) is 0 Å². The van der Waals surface area contributed by atoms with Crippen LogP contribution < -0.4 is 5.32 Å². The molecular formula is C13H17BrN2O3. The van der Waals surface area contributed by atoms with Crippen molar-refractivity contribution in [3.63, 3.8) is 0 Å². The number of carboxylic acids is 1. The van der Waals surface area contributed by atoms with Gasteiger partial charge in [-0.25, -0.2) is 9.59 Å². The van der Waals surface area contributed by atoms with Crippen LogP contribution in [0, 0.1) is 0 Å². The fraction of sp³-hybridized carbons (Fsp3) is 0.385. The van der Waals surface area contributed by atoms with Gasteiger partial charge in [-0.15, -0.1) is 0 Å². The van der Waals surface area contributed by atoms with E-state index in [1.54, 1.807) is 14.0 Å². The van der Waals surface area contributed by atoms with Gasteiger partial charge in [-0.1, -0.05) is 35.0 Å². The minimum Gasteiger partial charge on any atom is -0.480 e. The van der Waals surface area contributed by atoms with Crippen molar-refractivity contribution < 1.29 is 14.7 Å². The molecule has 0 radical (unpaired) electrons. The molecule has 19 heavy (non-hydrogen) atoms. The van der Waals surface area contributed by atoms with Gasteiger partial charge in [0.25, 0.3) is 0 Å². The number of hydrogen-bond donors (Lipinski definition) is 2. The molecule has 104 valence electrons. The van der Waals surface area contributed by atoms with Crippen LogP contribution in [0.1, 0.15) is 18.9 Å². The van der Waals surface area contributed by atoms with Crippen LogP contribution in [0.2, 0.25) is 0 Å². The van der Waals surface area contributed by atoms with Gasteiger partial charge < -0.3 is 15.3 Å². The number of halogens is 1. The summed E-state index contributed by atoms with van der Waals surface area (Å²) in [5.41, 5.74) is 0.976. The van der Waals surface area contributed by atoms with E-state index in [4.69, 9.17) is 5.11 Å². The molecule has 0 saturated carbocycles. The molecule has 0 aliphatic heterocycles. The molecular weight excluding hydrogens is 312 g/mol.